The van der Waals surface area contributed by atoms with Gasteiger partial charge in [-0.15, -0.1) is 11.3 Å². The van der Waals surface area contributed by atoms with E-state index >= 15 is 0 Å². The molecule has 4 heteroatoms. The molecule has 0 aliphatic heterocycles. The van der Waals surface area contributed by atoms with Crippen LogP contribution in [0.4, 0.5) is 5.69 Å². The molecule has 2 unspecified atom stereocenters. The first-order chi connectivity index (χ1) is 8.54. The Kier molecular flexibility index (Phi) is 3.88. The van der Waals surface area contributed by atoms with E-state index in [1.807, 2.05) is 24.4 Å². The topological polar surface area (TPSA) is 45.1 Å². The minimum absolute atomic E-state index is 0.269. The molecular formula is C14H20N2OS. The number of hydrogen-bond donors (Lipinski definition) is 2. The molecule has 18 heavy (non-hydrogen) atoms. The van der Waals surface area contributed by atoms with Gasteiger partial charge in [0.05, 0.1) is 21.5 Å². The molecule has 0 aliphatic carbocycles. The molecule has 98 valence electrons. The van der Waals surface area contributed by atoms with Crippen LogP contribution in [-0.2, 0) is 0 Å². The van der Waals surface area contributed by atoms with Crippen molar-refractivity contribution < 1.29 is 5.11 Å². The Morgan fingerprint density at radius 1 is 1.50 bits per heavy atom. The number of anilines is 1. The Morgan fingerprint density at radius 2 is 2.28 bits per heavy atom. The monoisotopic (exact) mass is 264 g/mol. The van der Waals surface area contributed by atoms with Crippen molar-refractivity contribution in [2.75, 3.05) is 11.9 Å². The summed E-state index contributed by atoms with van der Waals surface area (Å²) in [5.41, 5.74) is 1.37. The Hall–Kier alpha value is -1.13. The second-order valence-electron chi connectivity index (χ2n) is 5.01. The molecule has 0 spiro atoms. The van der Waals surface area contributed by atoms with E-state index in [0.29, 0.717) is 6.54 Å². The molecule has 3 nitrogen and oxygen atoms in total. The summed E-state index contributed by atoms with van der Waals surface area (Å²) in [6.45, 7) is 6.62. The first kappa shape index (κ1) is 13.3. The van der Waals surface area contributed by atoms with Gasteiger partial charge >= 0.3 is 0 Å². The maximum atomic E-state index is 10.4. The second kappa shape index (κ2) is 5.24. The first-order valence-electron chi connectivity index (χ1n) is 6.33. The van der Waals surface area contributed by atoms with E-state index in [2.05, 4.69) is 24.1 Å². The van der Waals surface area contributed by atoms with Crippen molar-refractivity contribution in [3.05, 3.63) is 23.7 Å². The fourth-order valence-electron chi connectivity index (χ4n) is 1.90. The van der Waals surface area contributed by atoms with Crippen molar-refractivity contribution in [2.24, 2.45) is 5.92 Å². The summed E-state index contributed by atoms with van der Waals surface area (Å²) in [4.78, 5) is 4.31. The lowest BCUT2D eigenvalue weighted by Gasteiger charge is -2.30. The zero-order valence-electron chi connectivity index (χ0n) is 11.1. The Balaban J connectivity index is 2.13. The highest BCUT2D eigenvalue weighted by Gasteiger charge is 2.26. The number of hydrogen-bond acceptors (Lipinski definition) is 4. The molecule has 0 amide bonds. The number of aliphatic hydroxyl groups is 1. The normalized spacial score (nSPS) is 16.4. The molecule has 2 N–H and O–H groups in total. The number of thiophene rings is 1. The molecule has 0 saturated carbocycles. The SMILES string of the molecule is CCC(C)C(C)(O)CNc1ccnc2ccsc12. The number of rotatable bonds is 5. The summed E-state index contributed by atoms with van der Waals surface area (Å²) in [6.07, 6.45) is 2.77. The highest BCUT2D eigenvalue weighted by Crippen LogP contribution is 2.28. The predicted molar refractivity (Wildman–Crippen MR) is 78.2 cm³/mol. The largest absolute Gasteiger partial charge is 0.388 e. The zero-order valence-corrected chi connectivity index (χ0v) is 11.9. The average Bonchev–Trinajstić information content (AvgIpc) is 2.84. The van der Waals surface area contributed by atoms with Gasteiger partial charge in [0.15, 0.2) is 0 Å². The van der Waals surface area contributed by atoms with Crippen LogP contribution in [0.25, 0.3) is 10.2 Å². The molecule has 0 aromatic carbocycles. The molecule has 0 aliphatic rings. The Morgan fingerprint density at radius 3 is 3.00 bits per heavy atom. The quantitative estimate of drug-likeness (QED) is 0.868. The lowest BCUT2D eigenvalue weighted by Crippen LogP contribution is -2.39. The van der Waals surface area contributed by atoms with Crippen molar-refractivity contribution in [1.29, 1.82) is 0 Å². The van der Waals surface area contributed by atoms with Gasteiger partial charge in [-0.05, 0) is 30.4 Å². The molecule has 2 atom stereocenters. The van der Waals surface area contributed by atoms with E-state index in [4.69, 9.17) is 0 Å². The van der Waals surface area contributed by atoms with E-state index in [9.17, 15) is 5.11 Å². The third-order valence-corrected chi connectivity index (χ3v) is 4.59. The molecular weight excluding hydrogens is 244 g/mol. The van der Waals surface area contributed by atoms with Gasteiger partial charge in [0, 0.05) is 12.7 Å². The zero-order chi connectivity index (χ0) is 13.2. The standard InChI is InChI=1S/C14H20N2OS/c1-4-10(2)14(3,17)9-16-11-5-7-15-12-6-8-18-13(11)12/h5-8,10,17H,4,9H2,1-3H3,(H,15,16). The number of aromatic nitrogens is 1. The maximum Gasteiger partial charge on any atom is 0.0830 e. The van der Waals surface area contributed by atoms with Gasteiger partial charge in [-0.1, -0.05) is 20.3 Å². The molecule has 0 saturated heterocycles. The van der Waals surface area contributed by atoms with Gasteiger partial charge in [-0.25, -0.2) is 0 Å². The third-order valence-electron chi connectivity index (χ3n) is 3.65. The van der Waals surface area contributed by atoms with Gasteiger partial charge in [0.1, 0.15) is 0 Å². The molecule has 2 aromatic heterocycles. The molecule has 0 radical (unpaired) electrons. The Bertz CT molecular complexity index is 521. The highest BCUT2D eigenvalue weighted by atomic mass is 32.1. The van der Waals surface area contributed by atoms with Crippen LogP contribution in [0, 0.1) is 5.92 Å². The lowest BCUT2D eigenvalue weighted by atomic mass is 9.88. The summed E-state index contributed by atoms with van der Waals surface area (Å²) in [7, 11) is 0. The van der Waals surface area contributed by atoms with Crippen LogP contribution in [0.5, 0.6) is 0 Å². The first-order valence-corrected chi connectivity index (χ1v) is 7.21. The van der Waals surface area contributed by atoms with Crippen LogP contribution in [0.2, 0.25) is 0 Å². The van der Waals surface area contributed by atoms with Crippen LogP contribution in [-0.4, -0.2) is 22.2 Å². The minimum Gasteiger partial charge on any atom is -0.388 e. The third kappa shape index (κ3) is 2.65. The minimum atomic E-state index is -0.693. The van der Waals surface area contributed by atoms with E-state index in [1.54, 1.807) is 17.5 Å². The molecule has 2 aromatic rings. The summed E-state index contributed by atoms with van der Waals surface area (Å²) < 4.78 is 1.15. The van der Waals surface area contributed by atoms with E-state index < -0.39 is 5.60 Å². The average molecular weight is 264 g/mol. The van der Waals surface area contributed by atoms with Gasteiger partial charge in [0.25, 0.3) is 0 Å². The van der Waals surface area contributed by atoms with Crippen LogP contribution in [0.3, 0.4) is 0 Å². The van der Waals surface area contributed by atoms with Crippen molar-refractivity contribution in [3.63, 3.8) is 0 Å². The highest BCUT2D eigenvalue weighted by molar-refractivity contribution is 7.17. The predicted octanol–water partition coefficient (Wildman–Crippen LogP) is 3.51. The number of nitrogens with one attached hydrogen (secondary N) is 1. The molecule has 0 fully saturated rings. The summed E-state index contributed by atoms with van der Waals surface area (Å²) in [5.74, 6) is 0.269. The second-order valence-corrected chi connectivity index (χ2v) is 5.93. The van der Waals surface area contributed by atoms with Gasteiger partial charge in [-0.2, -0.15) is 0 Å². The molecule has 0 bridgehead atoms. The summed E-state index contributed by atoms with van der Waals surface area (Å²) in [5, 5.41) is 15.8. The van der Waals surface area contributed by atoms with Crippen LogP contribution in [0.15, 0.2) is 23.7 Å². The number of fused-ring (bicyclic) bond motifs is 1. The van der Waals surface area contributed by atoms with Gasteiger partial charge < -0.3 is 10.4 Å². The summed E-state index contributed by atoms with van der Waals surface area (Å²) in [6, 6.07) is 3.98. The van der Waals surface area contributed by atoms with Crippen LogP contribution < -0.4 is 5.32 Å². The van der Waals surface area contributed by atoms with E-state index in [0.717, 1.165) is 22.3 Å². The van der Waals surface area contributed by atoms with Crippen molar-refractivity contribution >= 4 is 27.2 Å². The number of pyridine rings is 1. The van der Waals surface area contributed by atoms with Crippen molar-refractivity contribution in [1.82, 2.24) is 4.98 Å². The van der Waals surface area contributed by atoms with Gasteiger partial charge in [-0.3, -0.25) is 4.98 Å². The molecule has 2 rings (SSSR count). The van der Waals surface area contributed by atoms with Crippen molar-refractivity contribution in [2.45, 2.75) is 32.8 Å². The van der Waals surface area contributed by atoms with Crippen molar-refractivity contribution in [3.8, 4) is 0 Å². The van der Waals surface area contributed by atoms with Crippen LogP contribution >= 0.6 is 11.3 Å². The van der Waals surface area contributed by atoms with E-state index in [-0.39, 0.29) is 5.92 Å². The fraction of sp³-hybridized carbons (Fsp3) is 0.500. The number of nitrogens with zero attached hydrogens (tertiary/aromatic N) is 1. The van der Waals surface area contributed by atoms with Crippen LogP contribution in [0.1, 0.15) is 27.2 Å². The maximum absolute atomic E-state index is 10.4. The van der Waals surface area contributed by atoms with E-state index in [1.165, 1.54) is 0 Å². The fourth-order valence-corrected chi connectivity index (χ4v) is 2.74. The van der Waals surface area contributed by atoms with Gasteiger partial charge in [0.2, 0.25) is 0 Å². The smallest absolute Gasteiger partial charge is 0.0830 e. The summed E-state index contributed by atoms with van der Waals surface area (Å²) >= 11 is 1.67. The molecule has 2 heterocycles. The Labute approximate surface area is 112 Å². The lowest BCUT2D eigenvalue weighted by molar-refractivity contribution is 0.0176.